The quantitative estimate of drug-likeness (QED) is 0.711. The third-order valence-corrected chi connectivity index (χ3v) is 6.76. The molecule has 6 heteroatoms. The van der Waals surface area contributed by atoms with Gasteiger partial charge in [0.15, 0.2) is 0 Å². The van der Waals surface area contributed by atoms with Crippen molar-refractivity contribution in [3.05, 3.63) is 64.4 Å². The molecule has 5 nitrogen and oxygen atoms in total. The molecule has 0 spiro atoms. The summed E-state index contributed by atoms with van der Waals surface area (Å²) in [5.74, 6) is 2.49. The lowest BCUT2D eigenvalue weighted by Crippen LogP contribution is -2.42. The van der Waals surface area contributed by atoms with E-state index in [0.29, 0.717) is 11.8 Å². The van der Waals surface area contributed by atoms with Gasteiger partial charge in [-0.15, -0.1) is 0 Å². The van der Waals surface area contributed by atoms with Gasteiger partial charge in [-0.2, -0.15) is 0 Å². The normalized spacial score (nSPS) is 23.2. The first-order chi connectivity index (χ1) is 14.5. The van der Waals surface area contributed by atoms with Crippen LogP contribution in [0.4, 0.5) is 0 Å². The van der Waals surface area contributed by atoms with E-state index in [-0.39, 0.29) is 6.04 Å². The van der Waals surface area contributed by atoms with Gasteiger partial charge in [-0.3, -0.25) is 9.79 Å². The number of likely N-dealkylation sites (N-methyl/N-ethyl adjacent to an activating group) is 1. The van der Waals surface area contributed by atoms with Crippen LogP contribution in [-0.4, -0.2) is 47.7 Å². The number of allylic oxidation sites excluding steroid dienone is 2. The van der Waals surface area contributed by atoms with Crippen LogP contribution in [0.1, 0.15) is 36.8 Å². The number of hydrogen-bond donors (Lipinski definition) is 1. The van der Waals surface area contributed by atoms with E-state index in [4.69, 9.17) is 4.99 Å². The van der Waals surface area contributed by atoms with Crippen molar-refractivity contribution in [3.8, 4) is 0 Å². The highest BCUT2D eigenvalue weighted by atomic mass is 79.9. The van der Waals surface area contributed by atoms with Crippen LogP contribution in [0.5, 0.6) is 0 Å². The van der Waals surface area contributed by atoms with Gasteiger partial charge in [-0.25, -0.2) is 0 Å². The van der Waals surface area contributed by atoms with Gasteiger partial charge in [0.25, 0.3) is 0 Å². The van der Waals surface area contributed by atoms with E-state index in [2.05, 4.69) is 70.0 Å². The number of rotatable bonds is 4. The van der Waals surface area contributed by atoms with Crippen LogP contribution in [-0.2, 0) is 4.79 Å². The van der Waals surface area contributed by atoms with Gasteiger partial charge < -0.3 is 15.1 Å². The Balaban J connectivity index is 1.59. The molecule has 1 amide bonds. The first kappa shape index (κ1) is 20.9. The highest BCUT2D eigenvalue weighted by Crippen LogP contribution is 2.32. The molecule has 2 fully saturated rings. The smallest absolute Gasteiger partial charge is 0.225 e. The molecule has 1 aliphatic carbocycles. The minimum atomic E-state index is 0.224. The standard InChI is InChI=1S/C24H29BrN4O/c1-4-20(25)23-27-21(19-8-6-5-7-16(19)2)15-22(28(23)3)26-18-11-13-29(14-12-18)24(30)17-9-10-17/h4-8,15,17-18,27H,1,9-14H2,2-3H3/b23-20+,26-22?. The van der Waals surface area contributed by atoms with Crippen LogP contribution in [0, 0.1) is 12.8 Å². The highest BCUT2D eigenvalue weighted by Gasteiger charge is 2.35. The summed E-state index contributed by atoms with van der Waals surface area (Å²) in [7, 11) is 2.02. The Hall–Kier alpha value is -2.34. The lowest BCUT2D eigenvalue weighted by Gasteiger charge is -2.34. The summed E-state index contributed by atoms with van der Waals surface area (Å²) >= 11 is 3.62. The molecular formula is C24H29BrN4O. The second kappa shape index (κ2) is 8.80. The van der Waals surface area contributed by atoms with E-state index >= 15 is 0 Å². The average Bonchev–Trinajstić information content (AvgIpc) is 3.60. The van der Waals surface area contributed by atoms with Gasteiger partial charge >= 0.3 is 0 Å². The molecule has 0 radical (unpaired) electrons. The number of piperidine rings is 1. The highest BCUT2D eigenvalue weighted by molar-refractivity contribution is 9.11. The monoisotopic (exact) mass is 468 g/mol. The number of aliphatic imine (C=N–C) groups is 1. The summed E-state index contributed by atoms with van der Waals surface area (Å²) in [6, 6.07) is 8.57. The molecule has 0 bridgehead atoms. The van der Waals surface area contributed by atoms with E-state index in [1.165, 1.54) is 5.56 Å². The Morgan fingerprint density at radius 3 is 2.57 bits per heavy atom. The number of carbonyl (C=O) groups excluding carboxylic acids is 1. The maximum Gasteiger partial charge on any atom is 0.225 e. The van der Waals surface area contributed by atoms with Gasteiger partial charge in [-0.05, 0) is 54.1 Å². The van der Waals surface area contributed by atoms with E-state index in [9.17, 15) is 4.79 Å². The molecule has 1 saturated heterocycles. The first-order valence-electron chi connectivity index (χ1n) is 10.6. The zero-order valence-corrected chi connectivity index (χ0v) is 19.3. The first-order valence-corrected chi connectivity index (χ1v) is 11.4. The number of hydrogen-bond acceptors (Lipinski definition) is 3. The molecule has 1 saturated carbocycles. The molecule has 0 aromatic heterocycles. The van der Waals surface area contributed by atoms with Gasteiger partial charge in [-0.1, -0.05) is 36.9 Å². The van der Waals surface area contributed by atoms with Crippen LogP contribution < -0.4 is 5.32 Å². The molecule has 2 heterocycles. The number of nitrogens with one attached hydrogen (secondary N) is 1. The van der Waals surface area contributed by atoms with E-state index < -0.39 is 0 Å². The van der Waals surface area contributed by atoms with E-state index in [0.717, 1.165) is 66.2 Å². The fraction of sp³-hybridized carbons (Fsp3) is 0.417. The molecule has 158 valence electrons. The Kier molecular flexibility index (Phi) is 6.14. The second-order valence-corrected chi connectivity index (χ2v) is 9.13. The predicted octanol–water partition coefficient (Wildman–Crippen LogP) is 4.42. The zero-order valence-electron chi connectivity index (χ0n) is 17.7. The topological polar surface area (TPSA) is 47.9 Å². The van der Waals surface area contributed by atoms with Crippen molar-refractivity contribution in [1.29, 1.82) is 0 Å². The van der Waals surface area contributed by atoms with Crippen LogP contribution in [0.2, 0.25) is 0 Å². The number of amidine groups is 1. The fourth-order valence-electron chi connectivity index (χ4n) is 4.04. The maximum atomic E-state index is 12.3. The summed E-state index contributed by atoms with van der Waals surface area (Å²) in [5, 5.41) is 3.53. The number of benzene rings is 1. The van der Waals surface area contributed by atoms with E-state index in [1.807, 2.05) is 11.9 Å². The molecule has 3 aliphatic rings. The molecule has 0 unspecified atom stereocenters. The minimum Gasteiger partial charge on any atom is -0.342 e. The molecule has 4 rings (SSSR count). The van der Waals surface area contributed by atoms with Gasteiger partial charge in [0.2, 0.25) is 5.91 Å². The molecule has 1 N–H and O–H groups in total. The molecule has 1 aromatic rings. The van der Waals surface area contributed by atoms with Crippen LogP contribution in [0.3, 0.4) is 0 Å². The van der Waals surface area contributed by atoms with Crippen molar-refractivity contribution in [2.45, 2.75) is 38.6 Å². The maximum absolute atomic E-state index is 12.3. The number of amides is 1. The minimum absolute atomic E-state index is 0.224. The summed E-state index contributed by atoms with van der Waals surface area (Å²) in [5.41, 5.74) is 3.39. The number of nitrogens with zero attached hydrogens (tertiary/aromatic N) is 3. The Labute approximate surface area is 187 Å². The third-order valence-electron chi connectivity index (χ3n) is 6.06. The number of carbonyl (C=O) groups is 1. The lowest BCUT2D eigenvalue weighted by atomic mass is 10.0. The summed E-state index contributed by atoms with van der Waals surface area (Å²) in [4.78, 5) is 21.5. The van der Waals surface area contributed by atoms with E-state index in [1.54, 1.807) is 6.08 Å². The lowest BCUT2D eigenvalue weighted by molar-refractivity contribution is -0.133. The fourth-order valence-corrected chi connectivity index (χ4v) is 4.40. The Bertz CT molecular complexity index is 936. The predicted molar refractivity (Wildman–Crippen MR) is 126 cm³/mol. The number of likely N-dealkylation sites (tertiary alicyclic amines) is 1. The summed E-state index contributed by atoms with van der Waals surface area (Å²) < 4.78 is 0.890. The van der Waals surface area contributed by atoms with Crippen molar-refractivity contribution >= 4 is 33.4 Å². The second-order valence-electron chi connectivity index (χ2n) is 8.28. The van der Waals surface area contributed by atoms with Crippen LogP contribution in [0.15, 0.2) is 58.3 Å². The number of aryl methyl sites for hydroxylation is 1. The largest absolute Gasteiger partial charge is 0.342 e. The average molecular weight is 469 g/mol. The SMILES string of the molecule is C=C/C(Br)=C1/NC(c2ccccc2C)=CC(=NC2CCN(C(=O)C3CC3)CC2)N1C. The third kappa shape index (κ3) is 4.38. The molecule has 2 aliphatic heterocycles. The van der Waals surface area contributed by atoms with Crippen molar-refractivity contribution in [2.75, 3.05) is 20.1 Å². The van der Waals surface area contributed by atoms with Crippen LogP contribution >= 0.6 is 15.9 Å². The van der Waals surface area contributed by atoms with Crippen molar-refractivity contribution in [3.63, 3.8) is 0 Å². The van der Waals surface area contributed by atoms with Crippen LogP contribution in [0.25, 0.3) is 5.70 Å². The summed E-state index contributed by atoms with van der Waals surface area (Å²) in [6.07, 6.45) is 7.88. The number of halogens is 1. The molecular weight excluding hydrogens is 440 g/mol. The van der Waals surface area contributed by atoms with Gasteiger partial charge in [0.1, 0.15) is 11.7 Å². The zero-order chi connectivity index (χ0) is 21.3. The molecule has 1 aromatic carbocycles. The Morgan fingerprint density at radius 2 is 1.93 bits per heavy atom. The molecule has 0 atom stereocenters. The van der Waals surface area contributed by atoms with Gasteiger partial charge in [0.05, 0.1) is 16.2 Å². The van der Waals surface area contributed by atoms with Crippen molar-refractivity contribution in [2.24, 2.45) is 10.9 Å². The molecule has 30 heavy (non-hydrogen) atoms. The van der Waals surface area contributed by atoms with Gasteiger partial charge in [0, 0.05) is 37.7 Å². The van der Waals surface area contributed by atoms with Crippen molar-refractivity contribution < 1.29 is 4.79 Å². The van der Waals surface area contributed by atoms with Crippen molar-refractivity contribution in [1.82, 2.24) is 15.1 Å². The summed E-state index contributed by atoms with van der Waals surface area (Å²) in [6.45, 7) is 7.64. The Morgan fingerprint density at radius 1 is 1.23 bits per heavy atom.